The highest BCUT2D eigenvalue weighted by atomic mass is 19.1. The Morgan fingerprint density at radius 3 is 2.31 bits per heavy atom. The van der Waals surface area contributed by atoms with E-state index in [1.165, 1.54) is 6.92 Å². The van der Waals surface area contributed by atoms with E-state index in [1.54, 1.807) is 0 Å². The summed E-state index contributed by atoms with van der Waals surface area (Å²) in [6, 6.07) is 0.629. The number of hydrogen-bond acceptors (Lipinski definition) is 2. The van der Waals surface area contributed by atoms with Crippen molar-refractivity contribution in [1.29, 1.82) is 0 Å². The molecule has 1 aromatic heterocycles. The second-order valence-corrected chi connectivity index (χ2v) is 2.04. The smallest absolute Gasteiger partial charge is 0.181 e. The quantitative estimate of drug-likeness (QED) is 0.632. The molecule has 0 spiro atoms. The van der Waals surface area contributed by atoms with Gasteiger partial charge in [-0.2, -0.15) is 0 Å². The monoisotopic (exact) mass is 187 g/mol. The lowest BCUT2D eigenvalue weighted by atomic mass is 10.2. The van der Waals surface area contributed by atoms with Crippen LogP contribution in [0.15, 0.2) is 12.3 Å². The molecule has 0 amide bonds. The largest absolute Gasteiger partial charge is 0.293 e. The van der Waals surface area contributed by atoms with Crippen LogP contribution >= 0.6 is 0 Å². The predicted molar refractivity (Wildman–Crippen MR) is 45.5 cm³/mol. The third kappa shape index (κ3) is 3.27. The number of hydrogen-bond donors (Lipinski definition) is 0. The molecule has 0 atom stereocenters. The van der Waals surface area contributed by atoms with Crippen molar-refractivity contribution < 1.29 is 13.6 Å². The molecule has 0 aromatic carbocycles. The minimum absolute atomic E-state index is 0.327. The van der Waals surface area contributed by atoms with Crippen LogP contribution in [-0.4, -0.2) is 10.8 Å². The highest BCUT2D eigenvalue weighted by Crippen LogP contribution is 2.05. The van der Waals surface area contributed by atoms with Crippen molar-refractivity contribution in [2.45, 2.75) is 20.8 Å². The SMILES string of the molecule is CC.CC(=O)c1ncc(F)cc1F. The van der Waals surface area contributed by atoms with Gasteiger partial charge >= 0.3 is 0 Å². The Bertz CT molecular complexity index is 300. The Balaban J connectivity index is 0.000000671. The van der Waals surface area contributed by atoms with Crippen molar-refractivity contribution in [2.75, 3.05) is 0 Å². The zero-order valence-corrected chi connectivity index (χ0v) is 7.77. The van der Waals surface area contributed by atoms with Gasteiger partial charge in [0.05, 0.1) is 6.20 Å². The van der Waals surface area contributed by atoms with Crippen molar-refractivity contribution >= 4 is 5.78 Å². The molecule has 0 saturated carbocycles. The Labute approximate surface area is 75.6 Å². The molecule has 0 saturated heterocycles. The van der Waals surface area contributed by atoms with E-state index in [-0.39, 0.29) is 5.69 Å². The second-order valence-electron chi connectivity index (χ2n) is 2.04. The normalized spacial score (nSPS) is 8.69. The van der Waals surface area contributed by atoms with Gasteiger partial charge in [0.15, 0.2) is 11.6 Å². The van der Waals surface area contributed by atoms with Gasteiger partial charge < -0.3 is 0 Å². The third-order valence-corrected chi connectivity index (χ3v) is 1.14. The summed E-state index contributed by atoms with van der Waals surface area (Å²) in [5.41, 5.74) is -0.327. The molecule has 4 heteroatoms. The van der Waals surface area contributed by atoms with Gasteiger partial charge in [0.25, 0.3) is 0 Å². The maximum Gasteiger partial charge on any atom is 0.181 e. The van der Waals surface area contributed by atoms with Crippen molar-refractivity contribution in [3.05, 3.63) is 29.6 Å². The van der Waals surface area contributed by atoms with Crippen molar-refractivity contribution in [3.63, 3.8) is 0 Å². The average Bonchev–Trinajstić information content (AvgIpc) is 2.07. The molecule has 1 rings (SSSR count). The van der Waals surface area contributed by atoms with Gasteiger partial charge in [-0.05, 0) is 0 Å². The molecule has 13 heavy (non-hydrogen) atoms. The van der Waals surface area contributed by atoms with Crippen LogP contribution in [0.1, 0.15) is 31.3 Å². The molecule has 72 valence electrons. The van der Waals surface area contributed by atoms with Crippen LogP contribution in [0, 0.1) is 11.6 Å². The molecule has 0 radical (unpaired) electrons. The molecule has 0 aliphatic rings. The molecule has 2 nitrogen and oxygen atoms in total. The summed E-state index contributed by atoms with van der Waals surface area (Å²) in [4.78, 5) is 13.8. The first-order valence-electron chi connectivity index (χ1n) is 3.93. The number of Topliss-reactive ketones (excluding diaryl/α,β-unsaturated/α-hetero) is 1. The molecule has 1 aromatic rings. The topological polar surface area (TPSA) is 30.0 Å². The first-order valence-corrected chi connectivity index (χ1v) is 3.93. The van der Waals surface area contributed by atoms with Gasteiger partial charge in [0, 0.05) is 13.0 Å². The van der Waals surface area contributed by atoms with Gasteiger partial charge in [0.2, 0.25) is 0 Å². The number of halogens is 2. The van der Waals surface area contributed by atoms with Gasteiger partial charge in [-0.15, -0.1) is 0 Å². The fourth-order valence-electron chi connectivity index (χ4n) is 0.674. The summed E-state index contributed by atoms with van der Waals surface area (Å²) < 4.78 is 24.8. The number of nitrogens with zero attached hydrogens (tertiary/aromatic N) is 1. The number of aromatic nitrogens is 1. The lowest BCUT2D eigenvalue weighted by Gasteiger charge is -1.95. The molecule has 0 aliphatic carbocycles. The van der Waals surface area contributed by atoms with E-state index >= 15 is 0 Å². The molecule has 0 fully saturated rings. The lowest BCUT2D eigenvalue weighted by Crippen LogP contribution is -2.01. The number of carbonyl (C=O) groups is 1. The van der Waals surface area contributed by atoms with Gasteiger partial charge in [-0.3, -0.25) is 4.79 Å². The summed E-state index contributed by atoms with van der Waals surface area (Å²) in [6.07, 6.45) is 0.805. The van der Waals surface area contributed by atoms with Crippen LogP contribution in [0.4, 0.5) is 8.78 Å². The zero-order chi connectivity index (χ0) is 10.4. The first kappa shape index (κ1) is 11.7. The molecule has 1 heterocycles. The summed E-state index contributed by atoms with van der Waals surface area (Å²) >= 11 is 0. The van der Waals surface area contributed by atoms with E-state index in [4.69, 9.17) is 0 Å². The predicted octanol–water partition coefficient (Wildman–Crippen LogP) is 2.59. The fraction of sp³-hybridized carbons (Fsp3) is 0.333. The van der Waals surface area contributed by atoms with Crippen molar-refractivity contribution in [2.24, 2.45) is 0 Å². The Morgan fingerprint density at radius 1 is 1.38 bits per heavy atom. The Hall–Kier alpha value is -1.32. The summed E-state index contributed by atoms with van der Waals surface area (Å²) in [5, 5.41) is 0. The van der Waals surface area contributed by atoms with Gasteiger partial charge in [-0.1, -0.05) is 13.8 Å². The summed E-state index contributed by atoms with van der Waals surface area (Å²) in [5.74, 6) is -2.22. The second kappa shape index (κ2) is 5.35. The van der Waals surface area contributed by atoms with E-state index in [2.05, 4.69) is 4.98 Å². The van der Waals surface area contributed by atoms with E-state index < -0.39 is 17.4 Å². The van der Waals surface area contributed by atoms with Crippen LogP contribution < -0.4 is 0 Å². The fourth-order valence-corrected chi connectivity index (χ4v) is 0.674. The van der Waals surface area contributed by atoms with Crippen molar-refractivity contribution in [1.82, 2.24) is 4.98 Å². The highest BCUT2D eigenvalue weighted by Gasteiger charge is 2.08. The molecular weight excluding hydrogens is 176 g/mol. The van der Waals surface area contributed by atoms with Crippen LogP contribution in [-0.2, 0) is 0 Å². The number of rotatable bonds is 1. The minimum atomic E-state index is -0.919. The third-order valence-electron chi connectivity index (χ3n) is 1.14. The molecule has 0 N–H and O–H groups in total. The van der Waals surface area contributed by atoms with E-state index in [1.807, 2.05) is 13.8 Å². The minimum Gasteiger partial charge on any atom is -0.293 e. The standard InChI is InChI=1S/C7H5F2NO.C2H6/c1-4(11)7-6(9)2-5(8)3-10-7;1-2/h2-3H,1H3;1-2H3. The van der Waals surface area contributed by atoms with Crippen molar-refractivity contribution in [3.8, 4) is 0 Å². The van der Waals surface area contributed by atoms with Crippen LogP contribution in [0.25, 0.3) is 0 Å². The van der Waals surface area contributed by atoms with Crippen LogP contribution in [0.5, 0.6) is 0 Å². The Kier molecular flexibility index (Phi) is 4.80. The van der Waals surface area contributed by atoms with Crippen LogP contribution in [0.2, 0.25) is 0 Å². The molecule has 0 bridgehead atoms. The molecule has 0 aliphatic heterocycles. The first-order chi connectivity index (χ1) is 6.11. The van der Waals surface area contributed by atoms with Gasteiger partial charge in [-0.25, -0.2) is 13.8 Å². The molecular formula is C9H11F2NO. The van der Waals surface area contributed by atoms with Crippen LogP contribution in [0.3, 0.4) is 0 Å². The lowest BCUT2D eigenvalue weighted by molar-refractivity contribution is 0.100. The van der Waals surface area contributed by atoms with E-state index in [0.29, 0.717) is 6.07 Å². The van der Waals surface area contributed by atoms with E-state index in [9.17, 15) is 13.6 Å². The number of carbonyl (C=O) groups excluding carboxylic acids is 1. The maximum atomic E-state index is 12.6. The number of pyridine rings is 1. The van der Waals surface area contributed by atoms with E-state index in [0.717, 1.165) is 6.20 Å². The molecule has 0 unspecified atom stereocenters. The zero-order valence-electron chi connectivity index (χ0n) is 7.77. The Morgan fingerprint density at radius 2 is 1.92 bits per heavy atom. The maximum absolute atomic E-state index is 12.6. The number of ketones is 1. The summed E-state index contributed by atoms with van der Waals surface area (Å²) in [7, 11) is 0. The average molecular weight is 187 g/mol. The highest BCUT2D eigenvalue weighted by molar-refractivity contribution is 5.92. The van der Waals surface area contributed by atoms with Gasteiger partial charge in [0.1, 0.15) is 11.5 Å². The summed E-state index contributed by atoms with van der Waals surface area (Å²) in [6.45, 7) is 5.17.